The van der Waals surface area contributed by atoms with Gasteiger partial charge in [0.25, 0.3) is 0 Å². The fourth-order valence-corrected chi connectivity index (χ4v) is 7.82. The van der Waals surface area contributed by atoms with Gasteiger partial charge in [-0.2, -0.15) is 8.42 Å². The number of unbranched alkanes of at least 4 members (excludes halogenated alkanes) is 21. The van der Waals surface area contributed by atoms with Gasteiger partial charge in [0.1, 0.15) is 30.5 Å². The van der Waals surface area contributed by atoms with Gasteiger partial charge in [-0.25, -0.2) is 4.18 Å². The van der Waals surface area contributed by atoms with Crippen LogP contribution in [-0.4, -0.2) is 107 Å². The molecule has 7 N–H and O–H groups in total. The van der Waals surface area contributed by atoms with Gasteiger partial charge in [0, 0.05) is 0 Å². The summed E-state index contributed by atoms with van der Waals surface area (Å²) in [5, 5.41) is 55.2. The number of rotatable bonds is 40. The Balaban J connectivity index is 2.58. The fourth-order valence-electron chi connectivity index (χ4n) is 7.31. The molecule has 0 spiro atoms. The van der Waals surface area contributed by atoms with Crippen molar-refractivity contribution >= 4 is 16.3 Å². The lowest BCUT2D eigenvalue weighted by molar-refractivity contribution is -0.298. The highest BCUT2D eigenvalue weighted by Crippen LogP contribution is 2.26. The van der Waals surface area contributed by atoms with Crippen LogP contribution in [0.15, 0.2) is 48.6 Å². The van der Waals surface area contributed by atoms with Crippen molar-refractivity contribution in [2.45, 2.75) is 236 Å². The number of nitrogens with one attached hydrogen (secondary N) is 1. The molecule has 62 heavy (non-hydrogen) atoms. The van der Waals surface area contributed by atoms with Crippen molar-refractivity contribution in [3.8, 4) is 0 Å². The number of amides is 1. The number of carbonyl (C=O) groups is 1. The Labute approximate surface area is 375 Å². The SMILES string of the molecule is CCCCCC/C=C/CC/C=C/CC/C=C/C(O)C(COC1OC(CO)C(O)C(OS(=O)(=O)O)C1O)NC(=O)C(O)CCCCCCCC/C=C\CCCCCCCCCCC. The highest BCUT2D eigenvalue weighted by Gasteiger charge is 2.48. The Morgan fingerprint density at radius 1 is 0.645 bits per heavy atom. The van der Waals surface area contributed by atoms with Crippen LogP contribution in [0.25, 0.3) is 0 Å². The number of hydrogen-bond donors (Lipinski definition) is 7. The molecule has 1 saturated heterocycles. The molecule has 14 heteroatoms. The molecule has 362 valence electrons. The van der Waals surface area contributed by atoms with Gasteiger partial charge < -0.3 is 40.3 Å². The predicted octanol–water partition coefficient (Wildman–Crippen LogP) is 8.63. The van der Waals surface area contributed by atoms with E-state index in [1.165, 1.54) is 89.5 Å². The number of aliphatic hydroxyl groups is 5. The largest absolute Gasteiger partial charge is 0.397 e. The third kappa shape index (κ3) is 30.2. The minimum Gasteiger partial charge on any atom is -0.394 e. The molecule has 0 bridgehead atoms. The van der Waals surface area contributed by atoms with E-state index in [1.54, 1.807) is 6.08 Å². The molecule has 0 saturated carbocycles. The van der Waals surface area contributed by atoms with E-state index in [2.05, 4.69) is 59.8 Å². The van der Waals surface area contributed by atoms with Crippen LogP contribution in [0.3, 0.4) is 0 Å². The van der Waals surface area contributed by atoms with Crippen LogP contribution in [0, 0.1) is 0 Å². The van der Waals surface area contributed by atoms with E-state index < -0.39 is 78.5 Å². The van der Waals surface area contributed by atoms with Crippen LogP contribution in [0.1, 0.15) is 187 Å². The van der Waals surface area contributed by atoms with Crippen LogP contribution in [-0.2, 0) is 28.9 Å². The van der Waals surface area contributed by atoms with Crippen molar-refractivity contribution in [3.63, 3.8) is 0 Å². The van der Waals surface area contributed by atoms with Crippen LogP contribution in [0.5, 0.6) is 0 Å². The lowest BCUT2D eigenvalue weighted by Crippen LogP contribution is -2.61. The van der Waals surface area contributed by atoms with E-state index in [-0.39, 0.29) is 6.42 Å². The van der Waals surface area contributed by atoms with E-state index in [4.69, 9.17) is 9.47 Å². The molecule has 1 aliphatic heterocycles. The quantitative estimate of drug-likeness (QED) is 0.0175. The molecule has 0 aromatic heterocycles. The van der Waals surface area contributed by atoms with Gasteiger partial charge in [-0.15, -0.1) is 0 Å². The minimum atomic E-state index is -5.13. The first-order valence-electron chi connectivity index (χ1n) is 24.1. The maximum absolute atomic E-state index is 13.1. The number of hydrogen-bond acceptors (Lipinski definition) is 11. The molecular weight excluding hydrogens is 815 g/mol. The topological polar surface area (TPSA) is 212 Å². The van der Waals surface area contributed by atoms with Gasteiger partial charge in [-0.3, -0.25) is 9.35 Å². The zero-order valence-electron chi connectivity index (χ0n) is 38.3. The van der Waals surface area contributed by atoms with Gasteiger partial charge in [0.2, 0.25) is 5.91 Å². The summed E-state index contributed by atoms with van der Waals surface area (Å²) in [7, 11) is -5.13. The monoisotopic (exact) mass is 902 g/mol. The molecule has 0 aliphatic carbocycles. The number of carbonyl (C=O) groups excluding carboxylic acids is 1. The van der Waals surface area contributed by atoms with Crippen LogP contribution in [0.2, 0.25) is 0 Å². The van der Waals surface area contributed by atoms with Crippen LogP contribution < -0.4 is 5.32 Å². The molecule has 0 radical (unpaired) electrons. The van der Waals surface area contributed by atoms with Crippen molar-refractivity contribution in [2.75, 3.05) is 13.2 Å². The summed E-state index contributed by atoms with van der Waals surface area (Å²) in [5.74, 6) is -0.723. The predicted molar refractivity (Wildman–Crippen MR) is 247 cm³/mol. The Hall–Kier alpha value is -1.98. The molecule has 0 aromatic carbocycles. The summed E-state index contributed by atoms with van der Waals surface area (Å²) in [6.45, 7) is 3.16. The fraction of sp³-hybridized carbons (Fsp3) is 0.812. The summed E-state index contributed by atoms with van der Waals surface area (Å²) in [4.78, 5) is 13.1. The second-order valence-corrected chi connectivity index (χ2v) is 17.9. The smallest absolute Gasteiger partial charge is 0.394 e. The van der Waals surface area contributed by atoms with Gasteiger partial charge in [-0.05, 0) is 70.6 Å². The van der Waals surface area contributed by atoms with Gasteiger partial charge in [-0.1, -0.05) is 165 Å². The normalized spacial score (nSPS) is 21.5. The summed E-state index contributed by atoms with van der Waals surface area (Å²) >= 11 is 0. The van der Waals surface area contributed by atoms with Crippen molar-refractivity contribution in [1.29, 1.82) is 0 Å². The maximum Gasteiger partial charge on any atom is 0.397 e. The molecule has 1 rings (SSSR count). The number of ether oxygens (including phenoxy) is 2. The third-order valence-electron chi connectivity index (χ3n) is 11.2. The minimum absolute atomic E-state index is 0.225. The molecule has 13 nitrogen and oxygen atoms in total. The second kappa shape index (κ2) is 38.3. The summed E-state index contributed by atoms with van der Waals surface area (Å²) in [6, 6.07) is -1.15. The first-order chi connectivity index (χ1) is 29.9. The molecule has 1 aliphatic rings. The zero-order chi connectivity index (χ0) is 45.7. The number of allylic oxidation sites excluding steroid dienone is 7. The highest BCUT2D eigenvalue weighted by atomic mass is 32.3. The van der Waals surface area contributed by atoms with Crippen molar-refractivity contribution in [1.82, 2.24) is 5.32 Å². The maximum atomic E-state index is 13.1. The van der Waals surface area contributed by atoms with E-state index >= 15 is 0 Å². The van der Waals surface area contributed by atoms with Gasteiger partial charge in [0.15, 0.2) is 6.29 Å². The van der Waals surface area contributed by atoms with Crippen molar-refractivity contribution < 1.29 is 57.0 Å². The lowest BCUT2D eigenvalue weighted by atomic mass is 9.99. The first-order valence-corrected chi connectivity index (χ1v) is 25.5. The average Bonchev–Trinajstić information content (AvgIpc) is 3.24. The molecule has 0 aromatic rings. The summed E-state index contributed by atoms with van der Waals surface area (Å²) < 4.78 is 47.5. The van der Waals surface area contributed by atoms with E-state index in [0.717, 1.165) is 70.6 Å². The summed E-state index contributed by atoms with van der Waals surface area (Å²) in [6.07, 6.45) is 34.8. The van der Waals surface area contributed by atoms with Gasteiger partial charge >= 0.3 is 10.4 Å². The van der Waals surface area contributed by atoms with E-state index in [0.29, 0.717) is 12.8 Å². The molecule has 1 heterocycles. The second-order valence-electron chi connectivity index (χ2n) is 16.8. The van der Waals surface area contributed by atoms with Crippen molar-refractivity contribution in [3.05, 3.63) is 48.6 Å². The third-order valence-corrected chi connectivity index (χ3v) is 11.6. The lowest BCUT2D eigenvalue weighted by Gasteiger charge is -2.41. The van der Waals surface area contributed by atoms with E-state index in [9.17, 15) is 43.3 Å². The molecule has 1 amide bonds. The van der Waals surface area contributed by atoms with E-state index in [1.807, 2.05) is 0 Å². The zero-order valence-corrected chi connectivity index (χ0v) is 39.1. The number of aliphatic hydroxyl groups excluding tert-OH is 5. The van der Waals surface area contributed by atoms with Crippen LogP contribution in [0.4, 0.5) is 0 Å². The molecule has 8 atom stereocenters. The average molecular weight is 902 g/mol. The Bertz CT molecular complexity index is 1310. The Kier molecular flexibility index (Phi) is 35.9. The Morgan fingerprint density at radius 2 is 1.08 bits per heavy atom. The molecule has 1 fully saturated rings. The Morgan fingerprint density at radius 3 is 1.56 bits per heavy atom. The van der Waals surface area contributed by atoms with Crippen LogP contribution >= 0.6 is 0 Å². The first kappa shape index (κ1) is 58.0. The molecule has 8 unspecified atom stereocenters. The highest BCUT2D eigenvalue weighted by molar-refractivity contribution is 7.80. The van der Waals surface area contributed by atoms with Gasteiger partial charge in [0.05, 0.1) is 25.4 Å². The molecular formula is C48H87NO12S. The van der Waals surface area contributed by atoms with Crippen molar-refractivity contribution in [2.24, 2.45) is 0 Å². The standard InChI is InChI=1S/C48H87NO12S/c1-3-5-7-9-11-13-15-17-19-20-21-22-23-25-27-29-31-33-35-37-42(52)47(55)49-40(39-59-48-45(54)46(61-62(56,57)58)44(53)43(38-50)60-48)41(51)36-34-32-30-28-26-24-18-16-14-12-10-8-6-4-2/h14,16,21-22,26,28,34,36,40-46,48,50-54H,3-13,15,17-20,23-25,27,29-33,35,37-39H2,1-2H3,(H,49,55)(H,56,57,58)/b16-14+,22-21-,28-26+,36-34+. The summed E-state index contributed by atoms with van der Waals surface area (Å²) in [5.41, 5.74) is 0.